The van der Waals surface area contributed by atoms with Gasteiger partial charge in [-0.1, -0.05) is 30.3 Å². The molecule has 1 N–H and O–H groups in total. The highest BCUT2D eigenvalue weighted by molar-refractivity contribution is 5.80. The highest BCUT2D eigenvalue weighted by Crippen LogP contribution is 2.35. The molecule has 1 aliphatic heterocycles. The summed E-state index contributed by atoms with van der Waals surface area (Å²) in [6, 6.07) is 14.7. The first kappa shape index (κ1) is 16.9. The van der Waals surface area contributed by atoms with E-state index in [9.17, 15) is 0 Å². The van der Waals surface area contributed by atoms with Crippen LogP contribution in [0.5, 0.6) is 11.5 Å². The molecule has 0 radical (unpaired) electrons. The Bertz CT molecular complexity index is 874. The van der Waals surface area contributed by atoms with E-state index in [-0.39, 0.29) is 0 Å². The molecule has 3 aromatic rings. The summed E-state index contributed by atoms with van der Waals surface area (Å²) in [6.45, 7) is 3.06. The lowest BCUT2D eigenvalue weighted by atomic mass is 10.1. The largest absolute Gasteiger partial charge is 0.486 e. The summed E-state index contributed by atoms with van der Waals surface area (Å²) in [6.07, 6.45) is 3.05. The SMILES string of the molecule is CNCCc1nc2cc3c(cc2n1CCCc1ccccc1)OCCO3. The maximum absolute atomic E-state index is 5.77. The van der Waals surface area contributed by atoms with Crippen molar-refractivity contribution in [1.29, 1.82) is 0 Å². The fourth-order valence-electron chi connectivity index (χ4n) is 3.47. The molecule has 0 saturated heterocycles. The fraction of sp³-hybridized carbons (Fsp3) is 0.381. The molecular weight excluding hydrogens is 326 g/mol. The molecule has 0 amide bonds. The van der Waals surface area contributed by atoms with Crippen LogP contribution < -0.4 is 14.8 Å². The van der Waals surface area contributed by atoms with E-state index in [0.717, 1.165) is 60.7 Å². The third-order valence-corrected chi connectivity index (χ3v) is 4.78. The van der Waals surface area contributed by atoms with Gasteiger partial charge in [-0.2, -0.15) is 0 Å². The number of benzene rings is 2. The van der Waals surface area contributed by atoms with Crippen molar-refractivity contribution in [2.24, 2.45) is 0 Å². The summed E-state index contributed by atoms with van der Waals surface area (Å²) < 4.78 is 13.8. The van der Waals surface area contributed by atoms with Gasteiger partial charge in [0.25, 0.3) is 0 Å². The number of aryl methyl sites for hydroxylation is 2. The van der Waals surface area contributed by atoms with Gasteiger partial charge >= 0.3 is 0 Å². The average molecular weight is 351 g/mol. The third-order valence-electron chi connectivity index (χ3n) is 4.78. The monoisotopic (exact) mass is 351 g/mol. The number of imidazole rings is 1. The number of aromatic nitrogens is 2. The van der Waals surface area contributed by atoms with Crippen LogP contribution in [-0.2, 0) is 19.4 Å². The minimum atomic E-state index is 0.600. The van der Waals surface area contributed by atoms with Crippen molar-refractivity contribution < 1.29 is 9.47 Å². The predicted molar refractivity (Wildman–Crippen MR) is 103 cm³/mol. The van der Waals surface area contributed by atoms with Gasteiger partial charge in [0.15, 0.2) is 11.5 Å². The topological polar surface area (TPSA) is 48.3 Å². The number of rotatable bonds is 7. The summed E-state index contributed by atoms with van der Waals surface area (Å²) in [5.41, 5.74) is 3.50. The van der Waals surface area contributed by atoms with E-state index in [1.807, 2.05) is 13.1 Å². The van der Waals surface area contributed by atoms with Gasteiger partial charge in [0.1, 0.15) is 19.0 Å². The second-order valence-corrected chi connectivity index (χ2v) is 6.61. The van der Waals surface area contributed by atoms with Gasteiger partial charge in [0.05, 0.1) is 11.0 Å². The minimum absolute atomic E-state index is 0.600. The number of likely N-dealkylation sites (N-methyl/N-ethyl adjacent to an activating group) is 1. The molecule has 4 rings (SSSR count). The summed E-state index contributed by atoms with van der Waals surface area (Å²) in [5, 5.41) is 3.22. The van der Waals surface area contributed by atoms with Gasteiger partial charge in [-0.15, -0.1) is 0 Å². The van der Waals surface area contributed by atoms with Crippen LogP contribution in [0.4, 0.5) is 0 Å². The van der Waals surface area contributed by atoms with E-state index in [1.165, 1.54) is 5.56 Å². The molecule has 0 fully saturated rings. The molecule has 5 nitrogen and oxygen atoms in total. The zero-order valence-electron chi connectivity index (χ0n) is 15.2. The van der Waals surface area contributed by atoms with Crippen molar-refractivity contribution in [3.05, 3.63) is 53.9 Å². The summed E-state index contributed by atoms with van der Waals surface area (Å²) in [5.74, 6) is 2.75. The first-order valence-corrected chi connectivity index (χ1v) is 9.32. The Morgan fingerprint density at radius 3 is 2.58 bits per heavy atom. The Balaban J connectivity index is 1.61. The predicted octanol–water partition coefficient (Wildman–Crippen LogP) is 3.20. The van der Waals surface area contributed by atoms with Crippen molar-refractivity contribution in [1.82, 2.24) is 14.9 Å². The van der Waals surface area contributed by atoms with Gasteiger partial charge < -0.3 is 19.4 Å². The van der Waals surface area contributed by atoms with E-state index in [0.29, 0.717) is 13.2 Å². The molecule has 5 heteroatoms. The van der Waals surface area contributed by atoms with Gasteiger partial charge in [-0.25, -0.2) is 4.98 Å². The molecule has 0 bridgehead atoms. The standard InChI is InChI=1S/C21H25N3O2/c1-22-10-9-21-23-17-14-19-20(26-13-12-25-19)15-18(17)24(21)11-5-8-16-6-3-2-4-7-16/h2-4,6-7,14-15,22H,5,8-13H2,1H3. The van der Waals surface area contributed by atoms with Gasteiger partial charge in [-0.3, -0.25) is 0 Å². The van der Waals surface area contributed by atoms with Crippen LogP contribution in [0.2, 0.25) is 0 Å². The van der Waals surface area contributed by atoms with Crippen molar-refractivity contribution >= 4 is 11.0 Å². The highest BCUT2D eigenvalue weighted by atomic mass is 16.6. The van der Waals surface area contributed by atoms with E-state index < -0.39 is 0 Å². The molecule has 1 aromatic heterocycles. The molecule has 26 heavy (non-hydrogen) atoms. The molecule has 0 unspecified atom stereocenters. The maximum Gasteiger partial charge on any atom is 0.163 e. The molecule has 2 aromatic carbocycles. The lowest BCUT2D eigenvalue weighted by Crippen LogP contribution is -2.15. The second kappa shape index (κ2) is 7.79. The summed E-state index contributed by atoms with van der Waals surface area (Å²) >= 11 is 0. The molecule has 0 atom stereocenters. The Hall–Kier alpha value is -2.53. The number of hydrogen-bond donors (Lipinski definition) is 1. The third kappa shape index (κ3) is 3.53. The van der Waals surface area contributed by atoms with Crippen LogP contribution in [0.25, 0.3) is 11.0 Å². The van der Waals surface area contributed by atoms with Crippen LogP contribution in [0.15, 0.2) is 42.5 Å². The number of fused-ring (bicyclic) bond motifs is 2. The molecule has 2 heterocycles. The van der Waals surface area contributed by atoms with E-state index in [1.54, 1.807) is 0 Å². The quantitative estimate of drug-likeness (QED) is 0.710. The first-order chi connectivity index (χ1) is 12.8. The second-order valence-electron chi connectivity index (χ2n) is 6.61. The van der Waals surface area contributed by atoms with Crippen LogP contribution in [0, 0.1) is 0 Å². The van der Waals surface area contributed by atoms with E-state index in [2.05, 4.69) is 46.3 Å². The molecule has 0 saturated carbocycles. The highest BCUT2D eigenvalue weighted by Gasteiger charge is 2.17. The lowest BCUT2D eigenvalue weighted by molar-refractivity contribution is 0.172. The number of nitrogens with one attached hydrogen (secondary N) is 1. The molecule has 0 spiro atoms. The molecule has 1 aliphatic rings. The van der Waals surface area contributed by atoms with Crippen molar-refractivity contribution in [3.63, 3.8) is 0 Å². The maximum atomic E-state index is 5.77. The Kier molecular flexibility index (Phi) is 5.07. The van der Waals surface area contributed by atoms with Crippen LogP contribution >= 0.6 is 0 Å². The normalized spacial score (nSPS) is 13.3. The smallest absolute Gasteiger partial charge is 0.163 e. The minimum Gasteiger partial charge on any atom is -0.486 e. The van der Waals surface area contributed by atoms with Crippen LogP contribution in [-0.4, -0.2) is 36.4 Å². The van der Waals surface area contributed by atoms with Crippen molar-refractivity contribution in [3.8, 4) is 11.5 Å². The molecule has 136 valence electrons. The fourth-order valence-corrected chi connectivity index (χ4v) is 3.47. The van der Waals surface area contributed by atoms with E-state index >= 15 is 0 Å². The van der Waals surface area contributed by atoms with Gasteiger partial charge in [-0.05, 0) is 25.5 Å². The van der Waals surface area contributed by atoms with Crippen molar-refractivity contribution in [2.75, 3.05) is 26.8 Å². The number of hydrogen-bond acceptors (Lipinski definition) is 4. The van der Waals surface area contributed by atoms with Gasteiger partial charge in [0, 0.05) is 31.6 Å². The molecular formula is C21H25N3O2. The zero-order chi connectivity index (χ0) is 17.8. The Morgan fingerprint density at radius 1 is 1.04 bits per heavy atom. The number of ether oxygens (including phenoxy) is 2. The summed E-state index contributed by atoms with van der Waals surface area (Å²) in [4.78, 5) is 4.87. The average Bonchev–Trinajstić information content (AvgIpc) is 3.02. The van der Waals surface area contributed by atoms with E-state index in [4.69, 9.17) is 14.5 Å². The van der Waals surface area contributed by atoms with Gasteiger partial charge in [0.2, 0.25) is 0 Å². The summed E-state index contributed by atoms with van der Waals surface area (Å²) in [7, 11) is 1.97. The molecule has 0 aliphatic carbocycles. The van der Waals surface area contributed by atoms with Crippen LogP contribution in [0.1, 0.15) is 17.8 Å². The lowest BCUT2D eigenvalue weighted by Gasteiger charge is -2.18. The zero-order valence-corrected chi connectivity index (χ0v) is 15.2. The first-order valence-electron chi connectivity index (χ1n) is 9.32. The van der Waals surface area contributed by atoms with Crippen molar-refractivity contribution in [2.45, 2.75) is 25.8 Å². The number of nitrogens with zero attached hydrogens (tertiary/aromatic N) is 2. The Labute approximate surface area is 153 Å². The van der Waals surface area contributed by atoms with Crippen LogP contribution in [0.3, 0.4) is 0 Å². The Morgan fingerprint density at radius 2 is 1.81 bits per heavy atom.